The van der Waals surface area contributed by atoms with Crippen LogP contribution in [0.4, 0.5) is 0 Å². The fourth-order valence-corrected chi connectivity index (χ4v) is 3.75. The number of carbonyl (C=O) groups is 1. The summed E-state index contributed by atoms with van der Waals surface area (Å²) >= 11 is 6.19. The van der Waals surface area contributed by atoms with Gasteiger partial charge in [-0.15, -0.1) is 0 Å². The average Bonchev–Trinajstić information content (AvgIpc) is 2.99. The van der Waals surface area contributed by atoms with Crippen LogP contribution in [0.1, 0.15) is 22.9 Å². The SMILES string of the molecule is COc1ccc(Cl)cc1C1NC(C(=O)O)Cc2c1[nH]c1ccccc21. The fraction of sp³-hybridized carbons (Fsp3) is 0.211. The van der Waals surface area contributed by atoms with Crippen molar-refractivity contribution < 1.29 is 14.6 Å². The van der Waals surface area contributed by atoms with Crippen molar-refractivity contribution >= 4 is 28.5 Å². The number of nitrogens with one attached hydrogen (secondary N) is 2. The smallest absolute Gasteiger partial charge is 0.321 e. The summed E-state index contributed by atoms with van der Waals surface area (Å²) in [7, 11) is 1.59. The predicted molar refractivity (Wildman–Crippen MR) is 96.4 cm³/mol. The Morgan fingerprint density at radius 1 is 1.28 bits per heavy atom. The molecule has 0 aliphatic carbocycles. The molecule has 1 aliphatic rings. The van der Waals surface area contributed by atoms with E-state index in [1.165, 1.54) is 0 Å². The second kappa shape index (κ2) is 6.10. The van der Waals surface area contributed by atoms with Gasteiger partial charge in [0.15, 0.2) is 0 Å². The van der Waals surface area contributed by atoms with Gasteiger partial charge in [0.2, 0.25) is 0 Å². The Morgan fingerprint density at radius 2 is 2.08 bits per heavy atom. The normalized spacial score (nSPS) is 19.6. The van der Waals surface area contributed by atoms with E-state index in [4.69, 9.17) is 16.3 Å². The molecule has 2 unspecified atom stereocenters. The van der Waals surface area contributed by atoms with E-state index in [2.05, 4.69) is 10.3 Å². The largest absolute Gasteiger partial charge is 0.496 e. The lowest BCUT2D eigenvalue weighted by atomic mass is 9.90. The molecule has 25 heavy (non-hydrogen) atoms. The number of hydrogen-bond acceptors (Lipinski definition) is 3. The third-order valence-electron chi connectivity index (χ3n) is 4.71. The van der Waals surface area contributed by atoms with Crippen molar-refractivity contribution in [3.05, 3.63) is 64.3 Å². The number of ether oxygens (including phenoxy) is 1. The molecule has 0 saturated carbocycles. The highest BCUT2D eigenvalue weighted by Gasteiger charge is 2.35. The number of methoxy groups -OCH3 is 1. The minimum atomic E-state index is -0.873. The van der Waals surface area contributed by atoms with Gasteiger partial charge in [-0.1, -0.05) is 29.8 Å². The summed E-state index contributed by atoms with van der Waals surface area (Å²) in [6.45, 7) is 0. The lowest BCUT2D eigenvalue weighted by Gasteiger charge is -2.30. The topological polar surface area (TPSA) is 74.3 Å². The van der Waals surface area contributed by atoms with Gasteiger partial charge in [0.25, 0.3) is 0 Å². The maximum atomic E-state index is 11.7. The zero-order valence-corrected chi connectivity index (χ0v) is 14.3. The molecule has 5 nitrogen and oxygen atoms in total. The summed E-state index contributed by atoms with van der Waals surface area (Å²) in [5.41, 5.74) is 3.79. The van der Waals surface area contributed by atoms with Crippen LogP contribution in [-0.4, -0.2) is 29.2 Å². The molecule has 1 aromatic heterocycles. The van der Waals surface area contributed by atoms with Gasteiger partial charge >= 0.3 is 5.97 Å². The lowest BCUT2D eigenvalue weighted by Crippen LogP contribution is -2.45. The van der Waals surface area contributed by atoms with E-state index in [9.17, 15) is 9.90 Å². The molecule has 0 spiro atoms. The van der Waals surface area contributed by atoms with Crippen LogP contribution in [0.25, 0.3) is 10.9 Å². The predicted octanol–water partition coefficient (Wildman–Crippen LogP) is 3.52. The Hall–Kier alpha value is -2.50. The van der Waals surface area contributed by atoms with E-state index in [0.717, 1.165) is 27.7 Å². The Labute approximate surface area is 149 Å². The maximum Gasteiger partial charge on any atom is 0.321 e. The molecule has 1 aliphatic heterocycles. The Balaban J connectivity index is 1.94. The third-order valence-corrected chi connectivity index (χ3v) is 4.95. The number of fused-ring (bicyclic) bond motifs is 3. The van der Waals surface area contributed by atoms with Crippen LogP contribution in [0.3, 0.4) is 0 Å². The second-order valence-corrected chi connectivity index (χ2v) is 6.58. The maximum absolute atomic E-state index is 11.7. The van der Waals surface area contributed by atoms with Crippen LogP contribution >= 0.6 is 11.6 Å². The number of halogens is 1. The first-order valence-corrected chi connectivity index (χ1v) is 8.38. The quantitative estimate of drug-likeness (QED) is 0.671. The van der Waals surface area contributed by atoms with Crippen molar-refractivity contribution in [3.8, 4) is 5.75 Å². The van der Waals surface area contributed by atoms with Crippen molar-refractivity contribution in [2.75, 3.05) is 7.11 Å². The van der Waals surface area contributed by atoms with Gasteiger partial charge in [-0.05, 0) is 29.8 Å². The number of hydrogen-bond donors (Lipinski definition) is 3. The Morgan fingerprint density at radius 3 is 2.84 bits per heavy atom. The molecule has 3 aromatic rings. The molecule has 3 N–H and O–H groups in total. The molecule has 0 fully saturated rings. The highest BCUT2D eigenvalue weighted by Crippen LogP contribution is 2.39. The number of aliphatic carboxylic acids is 1. The fourth-order valence-electron chi connectivity index (χ4n) is 3.57. The minimum absolute atomic E-state index is 0.342. The van der Waals surface area contributed by atoms with Crippen LogP contribution < -0.4 is 10.1 Å². The monoisotopic (exact) mass is 356 g/mol. The van der Waals surface area contributed by atoms with Gasteiger partial charge in [0.05, 0.1) is 13.2 Å². The van der Waals surface area contributed by atoms with Crippen LogP contribution in [-0.2, 0) is 11.2 Å². The molecule has 0 bridgehead atoms. The number of aromatic amines is 1. The molecule has 2 aromatic carbocycles. The number of carboxylic acids is 1. The molecule has 4 rings (SSSR count). The summed E-state index contributed by atoms with van der Waals surface area (Å²) in [4.78, 5) is 15.1. The van der Waals surface area contributed by atoms with E-state index in [-0.39, 0.29) is 6.04 Å². The number of H-pyrrole nitrogens is 1. The van der Waals surface area contributed by atoms with Gasteiger partial charge in [-0.2, -0.15) is 0 Å². The van der Waals surface area contributed by atoms with Gasteiger partial charge in [-0.25, -0.2) is 0 Å². The molecule has 0 saturated heterocycles. The number of carboxylic acid groups (broad SMARTS) is 1. The van der Waals surface area contributed by atoms with Crippen molar-refractivity contribution in [2.45, 2.75) is 18.5 Å². The Bertz CT molecular complexity index is 966. The van der Waals surface area contributed by atoms with Crippen molar-refractivity contribution in [2.24, 2.45) is 0 Å². The van der Waals surface area contributed by atoms with E-state index in [1.54, 1.807) is 19.2 Å². The summed E-state index contributed by atoms with van der Waals surface area (Å²) in [6.07, 6.45) is 0.425. The number of benzene rings is 2. The second-order valence-electron chi connectivity index (χ2n) is 6.14. The summed E-state index contributed by atoms with van der Waals surface area (Å²) < 4.78 is 5.48. The zero-order chi connectivity index (χ0) is 17.6. The summed E-state index contributed by atoms with van der Waals surface area (Å²) in [5.74, 6) is -0.209. The van der Waals surface area contributed by atoms with Gasteiger partial charge in [0, 0.05) is 33.6 Å². The van der Waals surface area contributed by atoms with Crippen molar-refractivity contribution in [1.82, 2.24) is 10.3 Å². The average molecular weight is 357 g/mol. The lowest BCUT2D eigenvalue weighted by molar-refractivity contribution is -0.139. The first-order chi connectivity index (χ1) is 12.1. The van der Waals surface area contributed by atoms with Gasteiger partial charge < -0.3 is 14.8 Å². The molecular weight excluding hydrogens is 340 g/mol. The van der Waals surface area contributed by atoms with Crippen LogP contribution in [0.15, 0.2) is 42.5 Å². The number of rotatable bonds is 3. The van der Waals surface area contributed by atoms with Gasteiger partial charge in [0.1, 0.15) is 11.8 Å². The highest BCUT2D eigenvalue weighted by atomic mass is 35.5. The standard InChI is InChI=1S/C19H17ClN2O3/c1-25-16-7-6-10(20)8-13(16)18-17-12(9-15(22-18)19(23)24)11-4-2-3-5-14(11)21-17/h2-8,15,18,21-22H,9H2,1H3,(H,23,24). The van der Waals surface area contributed by atoms with Crippen LogP contribution in [0.2, 0.25) is 5.02 Å². The molecule has 0 radical (unpaired) electrons. The van der Waals surface area contributed by atoms with Gasteiger partial charge in [-0.3, -0.25) is 10.1 Å². The zero-order valence-electron chi connectivity index (χ0n) is 13.5. The van der Waals surface area contributed by atoms with Crippen LogP contribution in [0.5, 0.6) is 5.75 Å². The van der Waals surface area contributed by atoms with Crippen molar-refractivity contribution in [3.63, 3.8) is 0 Å². The van der Waals surface area contributed by atoms with Crippen LogP contribution in [0, 0.1) is 0 Å². The van der Waals surface area contributed by atoms with E-state index in [1.807, 2.05) is 30.3 Å². The highest BCUT2D eigenvalue weighted by molar-refractivity contribution is 6.30. The number of para-hydroxylation sites is 1. The van der Waals surface area contributed by atoms with E-state index < -0.39 is 12.0 Å². The van der Waals surface area contributed by atoms with E-state index >= 15 is 0 Å². The number of aromatic nitrogens is 1. The molecule has 0 amide bonds. The molecule has 6 heteroatoms. The molecule has 2 heterocycles. The van der Waals surface area contributed by atoms with E-state index in [0.29, 0.717) is 17.2 Å². The Kier molecular flexibility index (Phi) is 3.90. The summed E-state index contributed by atoms with van der Waals surface area (Å²) in [6, 6.07) is 12.3. The minimum Gasteiger partial charge on any atom is -0.496 e. The van der Waals surface area contributed by atoms with Crippen molar-refractivity contribution in [1.29, 1.82) is 0 Å². The summed E-state index contributed by atoms with van der Waals surface area (Å²) in [5, 5.41) is 14.4. The first kappa shape index (κ1) is 16.0. The first-order valence-electron chi connectivity index (χ1n) is 8.00. The third kappa shape index (κ3) is 2.65. The molecular formula is C19H17ClN2O3. The molecule has 128 valence electrons. The molecule has 2 atom stereocenters.